The fourth-order valence-corrected chi connectivity index (χ4v) is 6.35. The van der Waals surface area contributed by atoms with Gasteiger partial charge in [0.1, 0.15) is 6.54 Å². The van der Waals surface area contributed by atoms with Gasteiger partial charge in [-0.15, -0.1) is 0 Å². The van der Waals surface area contributed by atoms with Crippen LogP contribution in [0.1, 0.15) is 218 Å². The molecular weight excluding hydrogens is 494 g/mol. The summed E-state index contributed by atoms with van der Waals surface area (Å²) in [5.74, 6) is 0. The summed E-state index contributed by atoms with van der Waals surface area (Å²) in [6.07, 6.45) is 50.7. The van der Waals surface area contributed by atoms with Crippen molar-refractivity contribution < 1.29 is 4.57 Å². The maximum Gasteiger partial charge on any atom is 0.169 e. The summed E-state index contributed by atoms with van der Waals surface area (Å²) in [6, 6.07) is 4.74. The fourth-order valence-electron chi connectivity index (χ4n) is 6.35. The first-order valence-corrected chi connectivity index (χ1v) is 19.3. The number of aromatic nitrogens is 1. The van der Waals surface area contributed by atoms with Crippen molar-refractivity contribution in [3.05, 3.63) is 30.1 Å². The molecule has 0 saturated carbocycles. The smallest absolute Gasteiger partial charge is 0.169 e. The summed E-state index contributed by atoms with van der Waals surface area (Å²) in [5, 5.41) is 0. The normalized spacial score (nSPS) is 11.5. The molecule has 1 aromatic rings. The quantitative estimate of drug-likeness (QED) is 0.0584. The third-order valence-corrected chi connectivity index (χ3v) is 9.30. The van der Waals surface area contributed by atoms with Crippen LogP contribution >= 0.6 is 0 Å². The van der Waals surface area contributed by atoms with Crippen LogP contribution in [0.15, 0.2) is 24.5 Å². The van der Waals surface area contributed by atoms with Gasteiger partial charge in [0, 0.05) is 18.6 Å². The zero-order valence-corrected chi connectivity index (χ0v) is 28.6. The van der Waals surface area contributed by atoms with Crippen LogP contribution in [0, 0.1) is 0 Å². The Hall–Kier alpha value is -0.850. The topological polar surface area (TPSA) is 3.88 Å². The minimum atomic E-state index is 1.19. The van der Waals surface area contributed by atoms with Gasteiger partial charge in [-0.2, -0.15) is 0 Å². The Morgan fingerprint density at radius 2 is 0.610 bits per heavy atom. The first-order chi connectivity index (χ1) is 20.4. The Balaban J connectivity index is 1.81. The van der Waals surface area contributed by atoms with Gasteiger partial charge in [0.2, 0.25) is 0 Å². The number of hydrogen-bond acceptors (Lipinski definition) is 0. The number of unbranched alkanes of at least 4 members (excludes halogenated alkanes) is 29. The minimum Gasteiger partial charge on any atom is -0.205 e. The lowest BCUT2D eigenvalue weighted by molar-refractivity contribution is -0.697. The third kappa shape index (κ3) is 27.7. The van der Waals surface area contributed by atoms with Crippen LogP contribution in [0.3, 0.4) is 0 Å². The van der Waals surface area contributed by atoms with Crippen LogP contribution in [-0.4, -0.2) is 0 Å². The van der Waals surface area contributed by atoms with Crippen LogP contribution in [-0.2, 0) is 13.0 Å². The molecule has 0 spiro atoms. The van der Waals surface area contributed by atoms with Gasteiger partial charge in [-0.25, -0.2) is 4.57 Å². The second-order valence-corrected chi connectivity index (χ2v) is 13.4. The Labute approximate surface area is 260 Å². The van der Waals surface area contributed by atoms with Crippen molar-refractivity contribution in [3.63, 3.8) is 0 Å². The predicted molar refractivity (Wildman–Crippen MR) is 185 cm³/mol. The highest BCUT2D eigenvalue weighted by Crippen LogP contribution is 2.15. The van der Waals surface area contributed by atoms with E-state index in [4.69, 9.17) is 0 Å². The molecule has 1 heterocycles. The Morgan fingerprint density at radius 3 is 0.927 bits per heavy atom. The molecule has 0 N–H and O–H groups in total. The summed E-state index contributed by atoms with van der Waals surface area (Å²) in [4.78, 5) is 0. The van der Waals surface area contributed by atoms with E-state index in [1.807, 2.05) is 0 Å². The van der Waals surface area contributed by atoms with Crippen molar-refractivity contribution in [2.45, 2.75) is 226 Å². The molecule has 1 rings (SSSR count). The molecule has 0 bridgehead atoms. The highest BCUT2D eigenvalue weighted by atomic mass is 14.9. The summed E-state index contributed by atoms with van der Waals surface area (Å²) < 4.78 is 2.40. The summed E-state index contributed by atoms with van der Waals surface area (Å²) in [7, 11) is 0. The van der Waals surface area contributed by atoms with Crippen LogP contribution in [0.5, 0.6) is 0 Å². The molecule has 240 valence electrons. The van der Waals surface area contributed by atoms with Gasteiger partial charge in [0.25, 0.3) is 0 Å². The zero-order valence-electron chi connectivity index (χ0n) is 28.6. The van der Waals surface area contributed by atoms with E-state index in [9.17, 15) is 0 Å². The van der Waals surface area contributed by atoms with Gasteiger partial charge in [0.05, 0.1) is 0 Å². The second kappa shape index (κ2) is 32.1. The highest BCUT2D eigenvalue weighted by Gasteiger charge is 2.02. The number of aryl methyl sites for hydroxylation is 2. The molecule has 0 amide bonds. The molecule has 41 heavy (non-hydrogen) atoms. The molecule has 1 aromatic heterocycles. The molecule has 1 heteroatoms. The van der Waals surface area contributed by atoms with E-state index < -0.39 is 0 Å². The first kappa shape index (κ1) is 38.2. The number of nitrogens with zero attached hydrogens (tertiary/aromatic N) is 1. The largest absolute Gasteiger partial charge is 0.205 e. The average molecular weight is 571 g/mol. The highest BCUT2D eigenvalue weighted by molar-refractivity contribution is 5.07. The second-order valence-electron chi connectivity index (χ2n) is 13.4. The van der Waals surface area contributed by atoms with Gasteiger partial charge < -0.3 is 0 Å². The van der Waals surface area contributed by atoms with Crippen LogP contribution < -0.4 is 4.57 Å². The van der Waals surface area contributed by atoms with Crippen molar-refractivity contribution in [1.29, 1.82) is 0 Å². The monoisotopic (exact) mass is 571 g/mol. The number of pyridine rings is 1. The van der Waals surface area contributed by atoms with Crippen molar-refractivity contribution in [1.82, 2.24) is 0 Å². The van der Waals surface area contributed by atoms with E-state index >= 15 is 0 Å². The van der Waals surface area contributed by atoms with E-state index in [0.717, 1.165) is 0 Å². The standard InChI is InChI=1S/C40H76N/c1-3-5-7-9-11-13-15-17-19-20-22-24-26-28-30-32-34-40-35-38-41(39-36-40)37-33-31-29-27-25-23-21-18-16-14-12-10-8-6-4-2/h35-36,38-39H,3-34,37H2,1-2H3/q+1. The van der Waals surface area contributed by atoms with Crippen molar-refractivity contribution >= 4 is 0 Å². The van der Waals surface area contributed by atoms with E-state index in [-0.39, 0.29) is 0 Å². The Morgan fingerprint density at radius 1 is 0.341 bits per heavy atom. The Bertz CT molecular complexity index is 606. The van der Waals surface area contributed by atoms with Crippen molar-refractivity contribution in [2.75, 3.05) is 0 Å². The Kier molecular flexibility index (Phi) is 29.9. The number of rotatable bonds is 33. The van der Waals surface area contributed by atoms with E-state index in [0.29, 0.717) is 0 Å². The molecule has 1 nitrogen and oxygen atoms in total. The van der Waals surface area contributed by atoms with Gasteiger partial charge in [0.15, 0.2) is 12.4 Å². The number of hydrogen-bond donors (Lipinski definition) is 0. The summed E-state index contributed by atoms with van der Waals surface area (Å²) in [5.41, 5.74) is 1.53. The molecule has 0 aliphatic rings. The first-order valence-electron chi connectivity index (χ1n) is 19.3. The fraction of sp³-hybridized carbons (Fsp3) is 0.875. The van der Waals surface area contributed by atoms with Crippen molar-refractivity contribution in [3.8, 4) is 0 Å². The van der Waals surface area contributed by atoms with Gasteiger partial charge in [-0.1, -0.05) is 194 Å². The summed E-state index contributed by atoms with van der Waals surface area (Å²) >= 11 is 0. The SMILES string of the molecule is CCCCCCCCCCCCCCCCCCc1cc[n+](CCCCCCCCCCCCCCCCC)cc1. The lowest BCUT2D eigenvalue weighted by Gasteiger charge is -2.04. The predicted octanol–water partition coefficient (Wildman–Crippen LogP) is 13.6. The third-order valence-electron chi connectivity index (χ3n) is 9.30. The maximum absolute atomic E-state index is 2.40. The van der Waals surface area contributed by atoms with Crippen LogP contribution in [0.2, 0.25) is 0 Å². The van der Waals surface area contributed by atoms with Gasteiger partial charge in [-0.05, 0) is 24.8 Å². The lowest BCUT2D eigenvalue weighted by atomic mass is 10.0. The molecule has 0 saturated heterocycles. The van der Waals surface area contributed by atoms with E-state index in [1.54, 1.807) is 0 Å². The molecular formula is C40H76N+. The molecule has 0 fully saturated rings. The molecule has 0 atom stereocenters. The lowest BCUT2D eigenvalue weighted by Crippen LogP contribution is -2.32. The maximum atomic E-state index is 2.40. The zero-order chi connectivity index (χ0) is 29.3. The molecule has 0 aromatic carbocycles. The molecule has 0 radical (unpaired) electrons. The van der Waals surface area contributed by atoms with Crippen LogP contribution in [0.25, 0.3) is 0 Å². The average Bonchev–Trinajstić information content (AvgIpc) is 2.99. The van der Waals surface area contributed by atoms with E-state index in [1.165, 1.54) is 218 Å². The van der Waals surface area contributed by atoms with Crippen molar-refractivity contribution in [2.24, 2.45) is 0 Å². The molecule has 0 unspecified atom stereocenters. The van der Waals surface area contributed by atoms with Gasteiger partial charge >= 0.3 is 0 Å². The molecule has 0 aliphatic heterocycles. The van der Waals surface area contributed by atoms with E-state index in [2.05, 4.69) is 42.9 Å². The molecule has 0 aliphatic carbocycles. The minimum absolute atomic E-state index is 1.19. The van der Waals surface area contributed by atoms with Crippen LogP contribution in [0.4, 0.5) is 0 Å². The summed E-state index contributed by atoms with van der Waals surface area (Å²) in [6.45, 7) is 5.80. The van der Waals surface area contributed by atoms with Gasteiger partial charge in [-0.3, -0.25) is 0 Å².